The Kier molecular flexibility index (Phi) is 3.23. The highest BCUT2D eigenvalue weighted by Crippen LogP contribution is 2.26. The molecule has 0 bridgehead atoms. The van der Waals surface area contributed by atoms with Crippen molar-refractivity contribution in [2.24, 2.45) is 0 Å². The average Bonchev–Trinajstić information content (AvgIpc) is 2.77. The van der Waals surface area contributed by atoms with Crippen LogP contribution < -0.4 is 0 Å². The number of rotatable bonds is 3. The van der Waals surface area contributed by atoms with Crippen molar-refractivity contribution in [3.63, 3.8) is 0 Å². The first-order chi connectivity index (χ1) is 8.56. The summed E-state index contributed by atoms with van der Waals surface area (Å²) in [5, 5.41) is 4.08. The predicted molar refractivity (Wildman–Crippen MR) is 63.4 cm³/mol. The SMILES string of the molecule is CCn1cc(C=O)c(-c2cc(F)c(C)cc2F)n1. The van der Waals surface area contributed by atoms with Crippen LogP contribution >= 0.6 is 0 Å². The predicted octanol–water partition coefficient (Wildman–Crippen LogP) is 2.97. The van der Waals surface area contributed by atoms with Crippen LogP contribution in [-0.2, 0) is 6.54 Å². The van der Waals surface area contributed by atoms with Gasteiger partial charge < -0.3 is 0 Å². The fraction of sp³-hybridized carbons (Fsp3) is 0.231. The minimum atomic E-state index is -0.585. The second-order valence-electron chi connectivity index (χ2n) is 3.99. The Morgan fingerprint density at radius 1 is 1.33 bits per heavy atom. The molecule has 2 aromatic rings. The van der Waals surface area contributed by atoms with Gasteiger partial charge >= 0.3 is 0 Å². The van der Waals surface area contributed by atoms with Gasteiger partial charge in [0.1, 0.15) is 17.3 Å². The van der Waals surface area contributed by atoms with Crippen molar-refractivity contribution in [3.8, 4) is 11.3 Å². The van der Waals surface area contributed by atoms with Crippen LogP contribution in [0.4, 0.5) is 8.78 Å². The van der Waals surface area contributed by atoms with Gasteiger partial charge in [0.2, 0.25) is 0 Å². The average molecular weight is 250 g/mol. The molecule has 0 saturated carbocycles. The van der Waals surface area contributed by atoms with E-state index in [9.17, 15) is 13.6 Å². The van der Waals surface area contributed by atoms with Crippen molar-refractivity contribution in [2.45, 2.75) is 20.4 Å². The molecule has 0 radical (unpaired) electrons. The monoisotopic (exact) mass is 250 g/mol. The molecule has 0 amide bonds. The lowest BCUT2D eigenvalue weighted by molar-refractivity contribution is 0.112. The fourth-order valence-corrected chi connectivity index (χ4v) is 1.72. The molecule has 1 aromatic heterocycles. The third kappa shape index (κ3) is 2.03. The molecule has 3 nitrogen and oxygen atoms in total. The topological polar surface area (TPSA) is 34.9 Å². The Labute approximate surface area is 103 Å². The van der Waals surface area contributed by atoms with Gasteiger partial charge in [-0.05, 0) is 31.5 Å². The number of hydrogen-bond donors (Lipinski definition) is 0. The molecule has 1 aromatic carbocycles. The van der Waals surface area contributed by atoms with Crippen molar-refractivity contribution in [3.05, 3.63) is 41.1 Å². The molecular formula is C13H12F2N2O. The highest BCUT2D eigenvalue weighted by molar-refractivity contribution is 5.85. The van der Waals surface area contributed by atoms with Crippen LogP contribution in [0.15, 0.2) is 18.3 Å². The van der Waals surface area contributed by atoms with Crippen LogP contribution in [0.5, 0.6) is 0 Å². The molecule has 0 aliphatic rings. The third-order valence-electron chi connectivity index (χ3n) is 2.74. The van der Waals surface area contributed by atoms with Gasteiger partial charge in [-0.15, -0.1) is 0 Å². The maximum absolute atomic E-state index is 13.8. The molecule has 0 atom stereocenters. The number of halogens is 2. The number of carbonyl (C=O) groups is 1. The Balaban J connectivity index is 2.64. The van der Waals surface area contributed by atoms with Gasteiger partial charge in [0.25, 0.3) is 0 Å². The van der Waals surface area contributed by atoms with Gasteiger partial charge in [0.05, 0.1) is 5.56 Å². The number of hydrogen-bond acceptors (Lipinski definition) is 2. The van der Waals surface area contributed by atoms with E-state index in [1.807, 2.05) is 6.92 Å². The van der Waals surface area contributed by atoms with Crippen molar-refractivity contribution in [2.75, 3.05) is 0 Å². The molecule has 2 rings (SSSR count). The molecule has 0 saturated heterocycles. The van der Waals surface area contributed by atoms with Crippen LogP contribution in [0.1, 0.15) is 22.8 Å². The summed E-state index contributed by atoms with van der Waals surface area (Å²) < 4.78 is 28.8. The molecule has 0 unspecified atom stereocenters. The lowest BCUT2D eigenvalue weighted by Gasteiger charge is -2.03. The second kappa shape index (κ2) is 4.68. The van der Waals surface area contributed by atoms with Crippen LogP contribution in [-0.4, -0.2) is 16.1 Å². The minimum absolute atomic E-state index is 0.00685. The van der Waals surface area contributed by atoms with E-state index < -0.39 is 11.6 Å². The molecule has 1 heterocycles. The van der Waals surface area contributed by atoms with Crippen LogP contribution in [0.2, 0.25) is 0 Å². The van der Waals surface area contributed by atoms with Crippen molar-refractivity contribution >= 4 is 6.29 Å². The van der Waals surface area contributed by atoms with E-state index in [1.54, 1.807) is 0 Å². The summed E-state index contributed by atoms with van der Waals surface area (Å²) in [6.45, 7) is 3.88. The normalized spacial score (nSPS) is 10.7. The molecule has 0 fully saturated rings. The first-order valence-corrected chi connectivity index (χ1v) is 5.55. The van der Waals surface area contributed by atoms with E-state index >= 15 is 0 Å². The quantitative estimate of drug-likeness (QED) is 0.785. The molecule has 0 aliphatic carbocycles. The highest BCUT2D eigenvalue weighted by Gasteiger charge is 2.16. The second-order valence-corrected chi connectivity index (χ2v) is 3.99. The molecule has 0 aliphatic heterocycles. The summed E-state index contributed by atoms with van der Waals surface area (Å²) in [5.41, 5.74) is 0.647. The van der Waals surface area contributed by atoms with Gasteiger partial charge in [-0.3, -0.25) is 9.48 Å². The first kappa shape index (κ1) is 12.4. The van der Waals surface area contributed by atoms with Crippen molar-refractivity contribution in [1.29, 1.82) is 0 Å². The molecular weight excluding hydrogens is 238 g/mol. The molecule has 0 N–H and O–H groups in total. The maximum atomic E-state index is 13.8. The fourth-order valence-electron chi connectivity index (χ4n) is 1.72. The Hall–Kier alpha value is -2.04. The largest absolute Gasteiger partial charge is 0.298 e. The zero-order chi connectivity index (χ0) is 13.3. The zero-order valence-electron chi connectivity index (χ0n) is 10.1. The number of aromatic nitrogens is 2. The van der Waals surface area contributed by atoms with Gasteiger partial charge in [-0.25, -0.2) is 8.78 Å². The van der Waals surface area contributed by atoms with E-state index in [1.165, 1.54) is 17.8 Å². The summed E-state index contributed by atoms with van der Waals surface area (Å²) in [5.74, 6) is -1.10. The van der Waals surface area contributed by atoms with Gasteiger partial charge in [-0.1, -0.05) is 0 Å². The van der Waals surface area contributed by atoms with E-state index in [0.717, 1.165) is 12.1 Å². The van der Waals surface area contributed by atoms with Gasteiger partial charge in [-0.2, -0.15) is 5.10 Å². The standard InChI is InChI=1S/C13H12F2N2O/c1-3-17-6-9(7-18)13(16-17)10-5-11(14)8(2)4-12(10)15/h4-7H,3H2,1-2H3. The summed E-state index contributed by atoms with van der Waals surface area (Å²) in [7, 11) is 0. The minimum Gasteiger partial charge on any atom is -0.298 e. The summed E-state index contributed by atoms with van der Waals surface area (Å²) >= 11 is 0. The van der Waals surface area contributed by atoms with Gasteiger partial charge in [0, 0.05) is 18.3 Å². The Bertz CT molecular complexity index is 605. The number of aldehydes is 1. The summed E-state index contributed by atoms with van der Waals surface area (Å²) in [6.07, 6.45) is 2.10. The van der Waals surface area contributed by atoms with Crippen LogP contribution in [0.3, 0.4) is 0 Å². The zero-order valence-corrected chi connectivity index (χ0v) is 10.1. The molecule has 5 heteroatoms. The van der Waals surface area contributed by atoms with Crippen LogP contribution in [0, 0.1) is 18.6 Å². The lowest BCUT2D eigenvalue weighted by Crippen LogP contribution is -1.96. The smallest absolute Gasteiger partial charge is 0.153 e. The summed E-state index contributed by atoms with van der Waals surface area (Å²) in [4.78, 5) is 10.9. The van der Waals surface area contributed by atoms with Gasteiger partial charge in [0.15, 0.2) is 6.29 Å². The summed E-state index contributed by atoms with van der Waals surface area (Å²) in [6, 6.07) is 2.17. The lowest BCUT2D eigenvalue weighted by atomic mass is 10.1. The van der Waals surface area contributed by atoms with E-state index in [2.05, 4.69) is 5.10 Å². The Morgan fingerprint density at radius 3 is 2.67 bits per heavy atom. The number of carbonyl (C=O) groups excluding carboxylic acids is 1. The van der Waals surface area contributed by atoms with E-state index in [-0.39, 0.29) is 22.4 Å². The third-order valence-corrected chi connectivity index (χ3v) is 2.74. The van der Waals surface area contributed by atoms with E-state index in [0.29, 0.717) is 12.8 Å². The number of benzene rings is 1. The number of nitrogens with zero attached hydrogens (tertiary/aromatic N) is 2. The molecule has 94 valence electrons. The van der Waals surface area contributed by atoms with Crippen molar-refractivity contribution in [1.82, 2.24) is 9.78 Å². The first-order valence-electron chi connectivity index (χ1n) is 5.55. The Morgan fingerprint density at radius 2 is 2.06 bits per heavy atom. The van der Waals surface area contributed by atoms with Crippen LogP contribution in [0.25, 0.3) is 11.3 Å². The molecule has 18 heavy (non-hydrogen) atoms. The highest BCUT2D eigenvalue weighted by atomic mass is 19.1. The number of aryl methyl sites for hydroxylation is 2. The van der Waals surface area contributed by atoms with Crippen molar-refractivity contribution < 1.29 is 13.6 Å². The maximum Gasteiger partial charge on any atom is 0.153 e. The van der Waals surface area contributed by atoms with E-state index in [4.69, 9.17) is 0 Å². The molecule has 0 spiro atoms.